The first-order chi connectivity index (χ1) is 32.7. The third-order valence-electron chi connectivity index (χ3n) is 11.9. The first-order valence-electron chi connectivity index (χ1n) is 22.0. The number of hydrogen-bond donors (Lipinski definition) is 0. The lowest BCUT2D eigenvalue weighted by atomic mass is 9.97. The molecule has 0 fully saturated rings. The van der Waals surface area contributed by atoms with Crippen LogP contribution in [0.25, 0.3) is 66.8 Å². The van der Waals surface area contributed by atoms with Crippen LogP contribution in [0.15, 0.2) is 255 Å². The van der Waals surface area contributed by atoms with Gasteiger partial charge in [-0.15, -0.1) is 0 Å². The number of para-hydroxylation sites is 1. The predicted molar refractivity (Wildman–Crippen MR) is 272 cm³/mol. The third kappa shape index (κ3) is 8.07. The minimum absolute atomic E-state index is 0.878. The summed E-state index contributed by atoms with van der Waals surface area (Å²) in [6, 6.07) is 78.5. The molecule has 0 N–H and O–H groups in total. The molecule has 66 heavy (non-hydrogen) atoms. The molecule has 0 aliphatic heterocycles. The molecule has 0 saturated carbocycles. The molecule has 11 rings (SSSR count). The molecule has 7 aromatic carbocycles. The van der Waals surface area contributed by atoms with Crippen LogP contribution in [0.3, 0.4) is 0 Å². The summed E-state index contributed by atoms with van der Waals surface area (Å²) in [4.78, 5) is 23.8. The van der Waals surface area contributed by atoms with Gasteiger partial charge in [-0.3, -0.25) is 19.9 Å². The van der Waals surface area contributed by atoms with Crippen LogP contribution in [0.5, 0.6) is 0 Å². The highest BCUT2D eigenvalue weighted by Crippen LogP contribution is 2.49. The van der Waals surface area contributed by atoms with Gasteiger partial charge >= 0.3 is 0 Å². The van der Waals surface area contributed by atoms with E-state index in [0.29, 0.717) is 0 Å². The molecule has 0 unspecified atom stereocenters. The lowest BCUT2D eigenvalue weighted by molar-refractivity contribution is 1.21. The Morgan fingerprint density at radius 1 is 0.288 bits per heavy atom. The summed E-state index contributed by atoms with van der Waals surface area (Å²) in [6.45, 7) is 0. The van der Waals surface area contributed by atoms with Gasteiger partial charge in [-0.05, 0) is 107 Å². The minimum Gasteiger partial charge on any atom is -0.310 e. The molecule has 0 bridgehead atoms. The highest BCUT2D eigenvalue weighted by molar-refractivity contribution is 6.00. The van der Waals surface area contributed by atoms with E-state index < -0.39 is 0 Å². The molecule has 0 amide bonds. The molecule has 0 aliphatic carbocycles. The topological polar surface area (TPSA) is 58.0 Å². The molecule has 0 radical (unpaired) electrons. The fraction of sp³-hybridized carbons (Fsp3) is 0. The van der Waals surface area contributed by atoms with E-state index in [2.05, 4.69) is 208 Å². The first kappa shape index (κ1) is 39.8. The average molecular weight is 847 g/mol. The van der Waals surface area contributed by atoms with Crippen LogP contribution < -0.4 is 9.80 Å². The maximum absolute atomic E-state index is 5.05. The monoisotopic (exact) mass is 846 g/mol. The number of aromatic nitrogens is 4. The minimum atomic E-state index is 0.878. The SMILES string of the molecule is c1ccc(-c2ccc(-c3ccc(N(c4ccnc(-c5ccccc5)c4)c4cccc(N(c5ccc(-c6ccccn6)cc5)c5cccnc5)c4-c4cnc5ccccc5c4)cc3)cc2)cc1. The largest absolute Gasteiger partial charge is 0.310 e. The summed E-state index contributed by atoms with van der Waals surface area (Å²) in [5.74, 6) is 0. The van der Waals surface area contributed by atoms with Gasteiger partial charge in [0.05, 0.1) is 40.2 Å². The Kier molecular flexibility index (Phi) is 10.9. The quantitative estimate of drug-likeness (QED) is 0.129. The Bertz CT molecular complexity index is 3380. The van der Waals surface area contributed by atoms with Crippen LogP contribution in [0, 0.1) is 0 Å². The van der Waals surface area contributed by atoms with Crippen molar-refractivity contribution in [2.24, 2.45) is 0 Å². The van der Waals surface area contributed by atoms with Crippen molar-refractivity contribution in [3.63, 3.8) is 0 Å². The van der Waals surface area contributed by atoms with Gasteiger partial charge in [0.2, 0.25) is 0 Å². The second-order valence-corrected chi connectivity index (χ2v) is 16.0. The number of benzene rings is 7. The van der Waals surface area contributed by atoms with Crippen molar-refractivity contribution in [3.05, 3.63) is 255 Å². The van der Waals surface area contributed by atoms with Crippen LogP contribution in [0.1, 0.15) is 0 Å². The van der Waals surface area contributed by atoms with Crippen LogP contribution in [0.2, 0.25) is 0 Å². The van der Waals surface area contributed by atoms with Gasteiger partial charge in [-0.2, -0.15) is 0 Å². The van der Waals surface area contributed by atoms with E-state index >= 15 is 0 Å². The zero-order valence-corrected chi connectivity index (χ0v) is 35.9. The van der Waals surface area contributed by atoms with Crippen molar-refractivity contribution in [3.8, 4) is 55.9 Å². The molecular weight excluding hydrogens is 805 g/mol. The average Bonchev–Trinajstić information content (AvgIpc) is 3.40. The molecule has 4 aromatic heterocycles. The Morgan fingerprint density at radius 2 is 0.848 bits per heavy atom. The number of rotatable bonds is 11. The molecule has 0 aliphatic rings. The summed E-state index contributed by atoms with van der Waals surface area (Å²) in [5, 5.41) is 1.05. The lowest BCUT2D eigenvalue weighted by Gasteiger charge is -2.33. The van der Waals surface area contributed by atoms with E-state index in [0.717, 1.165) is 89.8 Å². The van der Waals surface area contributed by atoms with Crippen molar-refractivity contribution in [2.45, 2.75) is 0 Å². The Hall–Kier alpha value is -9.00. The summed E-state index contributed by atoms with van der Waals surface area (Å²) in [6.07, 6.45) is 9.46. The van der Waals surface area contributed by atoms with Crippen LogP contribution in [0.4, 0.5) is 34.1 Å². The Balaban J connectivity index is 1.12. The summed E-state index contributed by atoms with van der Waals surface area (Å²) in [5.41, 5.74) is 17.2. The van der Waals surface area contributed by atoms with Gasteiger partial charge in [-0.25, -0.2) is 0 Å². The maximum Gasteiger partial charge on any atom is 0.0722 e. The van der Waals surface area contributed by atoms with E-state index in [1.165, 1.54) is 11.1 Å². The van der Waals surface area contributed by atoms with E-state index in [9.17, 15) is 0 Å². The fourth-order valence-electron chi connectivity index (χ4n) is 8.67. The molecule has 11 aromatic rings. The summed E-state index contributed by atoms with van der Waals surface area (Å²) in [7, 11) is 0. The number of anilines is 6. The fourth-order valence-corrected chi connectivity index (χ4v) is 8.67. The number of pyridine rings is 4. The van der Waals surface area contributed by atoms with Crippen LogP contribution in [-0.4, -0.2) is 19.9 Å². The second kappa shape index (κ2) is 18.0. The van der Waals surface area contributed by atoms with Gasteiger partial charge in [-0.1, -0.05) is 140 Å². The Labute approximate surface area is 384 Å². The van der Waals surface area contributed by atoms with Crippen LogP contribution in [-0.2, 0) is 0 Å². The van der Waals surface area contributed by atoms with Crippen molar-refractivity contribution in [2.75, 3.05) is 9.80 Å². The highest BCUT2D eigenvalue weighted by Gasteiger charge is 2.25. The van der Waals surface area contributed by atoms with E-state index in [1.807, 2.05) is 67.4 Å². The lowest BCUT2D eigenvalue weighted by Crippen LogP contribution is -2.16. The first-order valence-corrected chi connectivity index (χ1v) is 22.0. The number of hydrogen-bond acceptors (Lipinski definition) is 6. The van der Waals surface area contributed by atoms with Crippen LogP contribution >= 0.6 is 0 Å². The molecule has 6 heteroatoms. The van der Waals surface area contributed by atoms with E-state index in [1.54, 1.807) is 0 Å². The van der Waals surface area contributed by atoms with E-state index in [-0.39, 0.29) is 0 Å². The maximum atomic E-state index is 5.05. The van der Waals surface area contributed by atoms with Crippen molar-refractivity contribution >= 4 is 45.0 Å². The summed E-state index contributed by atoms with van der Waals surface area (Å²) < 4.78 is 0. The second-order valence-electron chi connectivity index (χ2n) is 16.0. The molecule has 4 heterocycles. The van der Waals surface area contributed by atoms with Crippen molar-refractivity contribution in [1.29, 1.82) is 0 Å². The van der Waals surface area contributed by atoms with Gasteiger partial charge in [0, 0.05) is 69.5 Å². The van der Waals surface area contributed by atoms with Gasteiger partial charge < -0.3 is 9.80 Å². The molecule has 6 nitrogen and oxygen atoms in total. The number of fused-ring (bicyclic) bond motifs is 1. The zero-order chi connectivity index (χ0) is 44.1. The molecular formula is C60H42N6. The normalized spacial score (nSPS) is 11.0. The van der Waals surface area contributed by atoms with Crippen molar-refractivity contribution in [1.82, 2.24) is 19.9 Å². The van der Waals surface area contributed by atoms with Gasteiger partial charge in [0.25, 0.3) is 0 Å². The smallest absolute Gasteiger partial charge is 0.0722 e. The van der Waals surface area contributed by atoms with Crippen molar-refractivity contribution < 1.29 is 0 Å². The Morgan fingerprint density at radius 3 is 1.50 bits per heavy atom. The van der Waals surface area contributed by atoms with Gasteiger partial charge in [0.15, 0.2) is 0 Å². The van der Waals surface area contributed by atoms with Gasteiger partial charge in [0.1, 0.15) is 0 Å². The highest BCUT2D eigenvalue weighted by atomic mass is 15.2. The number of nitrogens with zero attached hydrogens (tertiary/aromatic N) is 6. The molecule has 0 saturated heterocycles. The zero-order valence-electron chi connectivity index (χ0n) is 35.9. The molecule has 0 spiro atoms. The van der Waals surface area contributed by atoms with E-state index in [4.69, 9.17) is 9.97 Å². The standard InChI is InChI=1S/C60H42N6/c1-3-13-43(14-4-1)44-23-25-45(26-24-44)46-27-31-51(32-28-46)65(53-35-38-63-57(40-53)47-15-5-2-6-16-47)58-21-11-22-59(60(58)50-39-49-17-7-8-19-56(49)64-41-50)66(54-18-12-36-61-42-54)52-33-29-48(30-34-52)55-20-9-10-37-62-55/h1-42H. The third-order valence-corrected chi connectivity index (χ3v) is 11.9. The molecule has 312 valence electrons. The summed E-state index contributed by atoms with van der Waals surface area (Å²) >= 11 is 0. The molecule has 0 atom stereocenters. The predicted octanol–water partition coefficient (Wildman–Crippen LogP) is 15.7.